The Morgan fingerprint density at radius 3 is 2.83 bits per heavy atom. The molecule has 6 heteroatoms. The number of amides is 2. The van der Waals surface area contributed by atoms with Gasteiger partial charge in [-0.1, -0.05) is 12.1 Å². The van der Waals surface area contributed by atoms with Crippen LogP contribution in [0.4, 0.5) is 10.5 Å². The molecule has 120 valence electrons. The van der Waals surface area contributed by atoms with Gasteiger partial charge in [0.2, 0.25) is 0 Å². The van der Waals surface area contributed by atoms with Gasteiger partial charge < -0.3 is 15.0 Å². The highest BCUT2D eigenvalue weighted by molar-refractivity contribution is 5.90. The molecule has 2 aliphatic rings. The van der Waals surface area contributed by atoms with E-state index in [0.29, 0.717) is 5.41 Å². The van der Waals surface area contributed by atoms with Crippen LogP contribution in [-0.2, 0) is 4.74 Å². The van der Waals surface area contributed by atoms with Crippen LogP contribution in [0.15, 0.2) is 36.5 Å². The maximum atomic E-state index is 12.4. The number of likely N-dealkylation sites (tertiary alicyclic amines) is 1. The molecule has 6 nitrogen and oxygen atoms in total. The van der Waals surface area contributed by atoms with E-state index in [1.165, 1.54) is 0 Å². The summed E-state index contributed by atoms with van der Waals surface area (Å²) in [7, 11) is 0. The van der Waals surface area contributed by atoms with Gasteiger partial charge in [0.05, 0.1) is 5.69 Å². The van der Waals surface area contributed by atoms with Crippen LogP contribution < -0.4 is 5.32 Å². The van der Waals surface area contributed by atoms with Gasteiger partial charge in [-0.25, -0.2) is 4.79 Å². The third-order valence-electron chi connectivity index (χ3n) is 4.82. The smallest absolute Gasteiger partial charge is 0.321 e. The number of hydrogen-bond acceptors (Lipinski definition) is 3. The Bertz CT molecular complexity index is 684. The summed E-state index contributed by atoms with van der Waals surface area (Å²) in [4.78, 5) is 14.3. The lowest BCUT2D eigenvalue weighted by atomic mass is 9.73. The minimum absolute atomic E-state index is 0.0242. The zero-order valence-corrected chi connectivity index (χ0v) is 12.9. The minimum Gasteiger partial charge on any atom is -0.381 e. The number of rotatable bonds is 2. The van der Waals surface area contributed by atoms with E-state index in [2.05, 4.69) is 15.5 Å². The van der Waals surface area contributed by atoms with Crippen LogP contribution in [0.1, 0.15) is 12.8 Å². The molecule has 2 aliphatic heterocycles. The Hall–Kier alpha value is -2.34. The van der Waals surface area contributed by atoms with Gasteiger partial charge in [-0.05, 0) is 31.0 Å². The first-order chi connectivity index (χ1) is 11.2. The molecule has 2 aromatic rings. The SMILES string of the molecule is O=C(Nc1cccc(-c2ccn[nH]2)c1)N1CC2(CCOCC2)C1. The van der Waals surface area contributed by atoms with Gasteiger partial charge in [0.1, 0.15) is 0 Å². The number of nitrogens with one attached hydrogen (secondary N) is 2. The maximum absolute atomic E-state index is 12.4. The van der Waals surface area contributed by atoms with Crippen LogP contribution in [0, 0.1) is 5.41 Å². The molecule has 1 aromatic heterocycles. The van der Waals surface area contributed by atoms with Crippen LogP contribution in [-0.4, -0.2) is 47.4 Å². The van der Waals surface area contributed by atoms with Crippen molar-refractivity contribution in [2.24, 2.45) is 5.41 Å². The summed E-state index contributed by atoms with van der Waals surface area (Å²) < 4.78 is 5.41. The largest absolute Gasteiger partial charge is 0.381 e. The van der Waals surface area contributed by atoms with Gasteiger partial charge in [-0.3, -0.25) is 5.10 Å². The Balaban J connectivity index is 1.39. The summed E-state index contributed by atoms with van der Waals surface area (Å²) in [6, 6.07) is 9.66. The standard InChI is InChI=1S/C17H20N4O2/c22-16(21-11-17(12-21)5-8-23-9-6-17)19-14-3-1-2-13(10-14)15-4-7-18-20-15/h1-4,7,10H,5-6,8-9,11-12H2,(H,18,20)(H,19,22). The summed E-state index contributed by atoms with van der Waals surface area (Å²) >= 11 is 0. The highest BCUT2D eigenvalue weighted by atomic mass is 16.5. The van der Waals surface area contributed by atoms with Crippen molar-refractivity contribution < 1.29 is 9.53 Å². The number of urea groups is 1. The lowest BCUT2D eigenvalue weighted by molar-refractivity contribution is -0.0596. The molecule has 1 aromatic carbocycles. The molecule has 23 heavy (non-hydrogen) atoms. The fraction of sp³-hybridized carbons (Fsp3) is 0.412. The molecular weight excluding hydrogens is 292 g/mol. The molecule has 0 aliphatic carbocycles. The molecule has 3 heterocycles. The number of aromatic nitrogens is 2. The summed E-state index contributed by atoms with van der Waals surface area (Å²) in [5.41, 5.74) is 3.04. The van der Waals surface area contributed by atoms with Crippen LogP contribution in [0.2, 0.25) is 0 Å². The van der Waals surface area contributed by atoms with Gasteiger partial charge in [-0.2, -0.15) is 5.10 Å². The molecule has 4 rings (SSSR count). The van der Waals surface area contributed by atoms with Crippen molar-refractivity contribution in [2.45, 2.75) is 12.8 Å². The van der Waals surface area contributed by atoms with Crippen LogP contribution >= 0.6 is 0 Å². The lowest BCUT2D eigenvalue weighted by Crippen LogP contribution is -2.61. The molecular formula is C17H20N4O2. The first-order valence-electron chi connectivity index (χ1n) is 7.98. The first-order valence-corrected chi connectivity index (χ1v) is 7.98. The molecule has 2 fully saturated rings. The fourth-order valence-electron chi connectivity index (χ4n) is 3.41. The maximum Gasteiger partial charge on any atom is 0.321 e. The van der Waals surface area contributed by atoms with Gasteiger partial charge in [0.15, 0.2) is 0 Å². The molecule has 2 N–H and O–H groups in total. The van der Waals surface area contributed by atoms with Crippen molar-refractivity contribution >= 4 is 11.7 Å². The van der Waals surface area contributed by atoms with E-state index in [9.17, 15) is 4.79 Å². The number of benzene rings is 1. The summed E-state index contributed by atoms with van der Waals surface area (Å²) in [5.74, 6) is 0. The molecule has 0 saturated carbocycles. The monoisotopic (exact) mass is 312 g/mol. The van der Waals surface area contributed by atoms with Crippen molar-refractivity contribution in [3.05, 3.63) is 36.5 Å². The van der Waals surface area contributed by atoms with Crippen molar-refractivity contribution in [2.75, 3.05) is 31.6 Å². The average molecular weight is 312 g/mol. The summed E-state index contributed by atoms with van der Waals surface area (Å²) in [5, 5.41) is 9.88. The normalized spacial score (nSPS) is 19.4. The molecule has 2 amide bonds. The molecule has 0 bridgehead atoms. The molecule has 2 saturated heterocycles. The Morgan fingerprint density at radius 2 is 2.09 bits per heavy atom. The summed E-state index contributed by atoms with van der Waals surface area (Å²) in [6.07, 6.45) is 3.84. The Morgan fingerprint density at radius 1 is 1.26 bits per heavy atom. The number of nitrogens with zero attached hydrogens (tertiary/aromatic N) is 2. The predicted octanol–water partition coefficient (Wildman–Crippen LogP) is 2.72. The molecule has 0 radical (unpaired) electrons. The molecule has 0 atom stereocenters. The van der Waals surface area contributed by atoms with Gasteiger partial charge in [-0.15, -0.1) is 0 Å². The zero-order valence-electron chi connectivity index (χ0n) is 12.9. The average Bonchev–Trinajstić information content (AvgIpc) is 3.08. The van der Waals surface area contributed by atoms with Crippen LogP contribution in [0.5, 0.6) is 0 Å². The predicted molar refractivity (Wildman–Crippen MR) is 87.1 cm³/mol. The topological polar surface area (TPSA) is 70.2 Å². The second-order valence-corrected chi connectivity index (χ2v) is 6.45. The van der Waals surface area contributed by atoms with Crippen LogP contribution in [0.25, 0.3) is 11.3 Å². The quantitative estimate of drug-likeness (QED) is 0.896. The third-order valence-corrected chi connectivity index (χ3v) is 4.82. The number of ether oxygens (including phenoxy) is 1. The number of carbonyl (C=O) groups excluding carboxylic acids is 1. The summed E-state index contributed by atoms with van der Waals surface area (Å²) in [6.45, 7) is 3.31. The van der Waals surface area contributed by atoms with Crippen molar-refractivity contribution in [1.82, 2.24) is 15.1 Å². The van der Waals surface area contributed by atoms with E-state index in [0.717, 1.165) is 56.1 Å². The minimum atomic E-state index is -0.0242. The highest BCUT2D eigenvalue weighted by Crippen LogP contribution is 2.39. The lowest BCUT2D eigenvalue weighted by Gasteiger charge is -2.51. The third kappa shape index (κ3) is 2.82. The zero-order chi connectivity index (χ0) is 15.7. The fourth-order valence-corrected chi connectivity index (χ4v) is 3.41. The van der Waals surface area contributed by atoms with E-state index in [1.807, 2.05) is 35.2 Å². The van der Waals surface area contributed by atoms with Gasteiger partial charge in [0, 0.05) is 49.2 Å². The Labute approximate surface area is 134 Å². The number of H-pyrrole nitrogens is 1. The number of aromatic amines is 1. The van der Waals surface area contributed by atoms with E-state index < -0.39 is 0 Å². The highest BCUT2D eigenvalue weighted by Gasteiger charge is 2.45. The second-order valence-electron chi connectivity index (χ2n) is 6.45. The van der Waals surface area contributed by atoms with E-state index in [1.54, 1.807) is 6.20 Å². The molecule has 1 spiro atoms. The van der Waals surface area contributed by atoms with E-state index >= 15 is 0 Å². The van der Waals surface area contributed by atoms with Crippen LogP contribution in [0.3, 0.4) is 0 Å². The number of carbonyl (C=O) groups is 1. The van der Waals surface area contributed by atoms with Gasteiger partial charge in [0.25, 0.3) is 0 Å². The van der Waals surface area contributed by atoms with Gasteiger partial charge >= 0.3 is 6.03 Å². The van der Waals surface area contributed by atoms with E-state index in [4.69, 9.17) is 4.74 Å². The molecule has 0 unspecified atom stereocenters. The Kier molecular flexibility index (Phi) is 3.53. The van der Waals surface area contributed by atoms with E-state index in [-0.39, 0.29) is 6.03 Å². The number of hydrogen-bond donors (Lipinski definition) is 2. The number of anilines is 1. The van der Waals surface area contributed by atoms with Crippen molar-refractivity contribution in [3.8, 4) is 11.3 Å². The first kappa shape index (κ1) is 14.3. The van der Waals surface area contributed by atoms with Crippen molar-refractivity contribution in [3.63, 3.8) is 0 Å². The second kappa shape index (κ2) is 5.70. The van der Waals surface area contributed by atoms with Crippen molar-refractivity contribution in [1.29, 1.82) is 0 Å².